The summed E-state index contributed by atoms with van der Waals surface area (Å²) in [6, 6.07) is 1.37. The number of nitrogens with two attached hydrogens (primary N) is 1. The Hall–Kier alpha value is -2.44. The molecule has 0 aliphatic heterocycles. The molecule has 0 fully saturated rings. The largest absolute Gasteiger partial charge is 0.481 e. The maximum absolute atomic E-state index is 11.3. The molecule has 1 heterocycles. The van der Waals surface area contributed by atoms with Gasteiger partial charge in [0.15, 0.2) is 0 Å². The van der Waals surface area contributed by atoms with E-state index in [4.69, 9.17) is 10.8 Å². The number of pyridine rings is 1. The second kappa shape index (κ2) is 5.59. The van der Waals surface area contributed by atoms with E-state index >= 15 is 0 Å². The van der Waals surface area contributed by atoms with E-state index in [1.165, 1.54) is 18.5 Å². The molecule has 0 atom stereocenters. The molecule has 0 aromatic carbocycles. The molecule has 1 rings (SSSR count). The first-order valence-electron chi connectivity index (χ1n) is 4.76. The summed E-state index contributed by atoms with van der Waals surface area (Å²) in [6.07, 6.45) is 2.19. The molecule has 2 amide bonds. The summed E-state index contributed by atoms with van der Waals surface area (Å²) in [5, 5.41) is 10.8. The lowest BCUT2D eigenvalue weighted by Crippen LogP contribution is -2.18. The summed E-state index contributed by atoms with van der Waals surface area (Å²) in [7, 11) is 0. The number of nitrogens with one attached hydrogen (secondary N) is 1. The van der Waals surface area contributed by atoms with E-state index in [0.717, 1.165) is 0 Å². The van der Waals surface area contributed by atoms with Crippen LogP contribution in [0, 0.1) is 0 Å². The summed E-state index contributed by atoms with van der Waals surface area (Å²) in [4.78, 5) is 36.4. The Labute approximate surface area is 96.6 Å². The molecule has 0 bridgehead atoms. The average Bonchev–Trinajstić information content (AvgIpc) is 2.27. The van der Waals surface area contributed by atoms with E-state index in [1.54, 1.807) is 0 Å². The smallest absolute Gasteiger partial charge is 0.303 e. The van der Waals surface area contributed by atoms with Crippen molar-refractivity contribution in [1.29, 1.82) is 0 Å². The highest BCUT2D eigenvalue weighted by atomic mass is 16.4. The van der Waals surface area contributed by atoms with Gasteiger partial charge in [-0.1, -0.05) is 0 Å². The van der Waals surface area contributed by atoms with Gasteiger partial charge in [0.25, 0.3) is 5.91 Å². The van der Waals surface area contributed by atoms with E-state index in [0.29, 0.717) is 0 Å². The third kappa shape index (κ3) is 3.90. The Morgan fingerprint density at radius 1 is 1.35 bits per heavy atom. The van der Waals surface area contributed by atoms with Crippen LogP contribution < -0.4 is 11.1 Å². The Kier molecular flexibility index (Phi) is 4.15. The van der Waals surface area contributed by atoms with Crippen molar-refractivity contribution in [1.82, 2.24) is 4.98 Å². The summed E-state index contributed by atoms with van der Waals surface area (Å²) >= 11 is 0. The van der Waals surface area contributed by atoms with Gasteiger partial charge < -0.3 is 16.2 Å². The van der Waals surface area contributed by atoms with Gasteiger partial charge in [-0.25, -0.2) is 0 Å². The molecule has 90 valence electrons. The summed E-state index contributed by atoms with van der Waals surface area (Å²) in [5.74, 6) is -2.27. The molecule has 17 heavy (non-hydrogen) atoms. The van der Waals surface area contributed by atoms with Crippen molar-refractivity contribution in [3.8, 4) is 0 Å². The number of hydrogen-bond acceptors (Lipinski definition) is 4. The van der Waals surface area contributed by atoms with E-state index in [2.05, 4.69) is 10.3 Å². The predicted octanol–water partition coefficient (Wildman–Crippen LogP) is -0.0162. The van der Waals surface area contributed by atoms with Crippen LogP contribution in [-0.2, 0) is 9.59 Å². The van der Waals surface area contributed by atoms with Crippen molar-refractivity contribution in [3.05, 3.63) is 24.0 Å². The van der Waals surface area contributed by atoms with Crippen LogP contribution >= 0.6 is 0 Å². The number of carboxylic acid groups (broad SMARTS) is 1. The second-order valence-electron chi connectivity index (χ2n) is 3.23. The molecule has 0 spiro atoms. The van der Waals surface area contributed by atoms with Crippen molar-refractivity contribution in [2.24, 2.45) is 5.73 Å². The van der Waals surface area contributed by atoms with Crippen LogP contribution in [0.2, 0.25) is 0 Å². The van der Waals surface area contributed by atoms with Gasteiger partial charge in [-0.3, -0.25) is 19.4 Å². The fourth-order valence-corrected chi connectivity index (χ4v) is 1.14. The van der Waals surface area contributed by atoms with Crippen molar-refractivity contribution >= 4 is 23.5 Å². The number of primary amides is 1. The maximum atomic E-state index is 11.3. The molecular formula is C10H11N3O4. The highest BCUT2D eigenvalue weighted by Crippen LogP contribution is 2.12. The molecule has 0 aliphatic rings. The number of hydrogen-bond donors (Lipinski definition) is 3. The van der Waals surface area contributed by atoms with E-state index in [-0.39, 0.29) is 24.1 Å². The van der Waals surface area contributed by atoms with Crippen molar-refractivity contribution in [2.45, 2.75) is 12.8 Å². The quantitative estimate of drug-likeness (QED) is 0.664. The number of rotatable bonds is 5. The van der Waals surface area contributed by atoms with Crippen molar-refractivity contribution in [2.75, 3.05) is 5.32 Å². The zero-order valence-electron chi connectivity index (χ0n) is 8.84. The van der Waals surface area contributed by atoms with Crippen molar-refractivity contribution in [3.63, 3.8) is 0 Å². The minimum absolute atomic E-state index is 0.128. The van der Waals surface area contributed by atoms with Gasteiger partial charge in [0.2, 0.25) is 5.91 Å². The van der Waals surface area contributed by atoms with Crippen LogP contribution in [0.15, 0.2) is 18.5 Å². The molecule has 4 N–H and O–H groups in total. The van der Waals surface area contributed by atoms with E-state index < -0.39 is 17.8 Å². The number of anilines is 1. The number of carbonyl (C=O) groups is 3. The van der Waals surface area contributed by atoms with Gasteiger partial charge in [-0.2, -0.15) is 0 Å². The molecule has 0 aliphatic carbocycles. The summed E-state index contributed by atoms with van der Waals surface area (Å²) < 4.78 is 0. The van der Waals surface area contributed by atoms with Crippen LogP contribution in [0.1, 0.15) is 23.2 Å². The minimum atomic E-state index is -1.07. The lowest BCUT2D eigenvalue weighted by molar-refractivity contribution is -0.138. The zero-order chi connectivity index (χ0) is 12.8. The van der Waals surface area contributed by atoms with E-state index in [9.17, 15) is 14.4 Å². The molecule has 0 saturated carbocycles. The number of aromatic nitrogens is 1. The molecule has 7 heteroatoms. The standard InChI is InChI=1S/C10H11N3O4/c11-10(17)6-3-4-12-5-7(6)13-8(14)1-2-9(15)16/h3-5H,1-2H2,(H2,11,17)(H,13,14)(H,15,16). The highest BCUT2D eigenvalue weighted by Gasteiger charge is 2.11. The van der Waals surface area contributed by atoms with Crippen LogP contribution in [0.5, 0.6) is 0 Å². The fourth-order valence-electron chi connectivity index (χ4n) is 1.14. The van der Waals surface area contributed by atoms with Gasteiger partial charge in [0.05, 0.1) is 23.9 Å². The van der Waals surface area contributed by atoms with Crippen LogP contribution in [0.4, 0.5) is 5.69 Å². The lowest BCUT2D eigenvalue weighted by Gasteiger charge is -2.07. The summed E-state index contributed by atoms with van der Waals surface area (Å²) in [5.41, 5.74) is 5.41. The molecular weight excluding hydrogens is 226 g/mol. The molecule has 7 nitrogen and oxygen atoms in total. The first-order valence-corrected chi connectivity index (χ1v) is 4.76. The van der Waals surface area contributed by atoms with Crippen LogP contribution in [-0.4, -0.2) is 27.9 Å². The Bertz CT molecular complexity index is 459. The number of carbonyl (C=O) groups excluding carboxylic acids is 2. The maximum Gasteiger partial charge on any atom is 0.303 e. The number of nitrogens with zero attached hydrogens (tertiary/aromatic N) is 1. The number of aliphatic carboxylic acids is 1. The number of carboxylic acids is 1. The van der Waals surface area contributed by atoms with Crippen LogP contribution in [0.25, 0.3) is 0 Å². The first kappa shape index (κ1) is 12.6. The van der Waals surface area contributed by atoms with Gasteiger partial charge in [-0.15, -0.1) is 0 Å². The van der Waals surface area contributed by atoms with Crippen LogP contribution in [0.3, 0.4) is 0 Å². The average molecular weight is 237 g/mol. The molecule has 1 aromatic rings. The third-order valence-corrected chi connectivity index (χ3v) is 1.93. The minimum Gasteiger partial charge on any atom is -0.481 e. The SMILES string of the molecule is NC(=O)c1ccncc1NC(=O)CCC(=O)O. The van der Waals surface area contributed by atoms with E-state index in [1.807, 2.05) is 0 Å². The van der Waals surface area contributed by atoms with Crippen molar-refractivity contribution < 1.29 is 19.5 Å². The normalized spacial score (nSPS) is 9.65. The second-order valence-corrected chi connectivity index (χ2v) is 3.23. The summed E-state index contributed by atoms with van der Waals surface area (Å²) in [6.45, 7) is 0. The Morgan fingerprint density at radius 2 is 2.06 bits per heavy atom. The Balaban J connectivity index is 2.71. The highest BCUT2D eigenvalue weighted by molar-refractivity contribution is 6.03. The fraction of sp³-hybridized carbons (Fsp3) is 0.200. The Morgan fingerprint density at radius 3 is 2.65 bits per heavy atom. The number of amides is 2. The molecule has 0 unspecified atom stereocenters. The lowest BCUT2D eigenvalue weighted by atomic mass is 10.2. The van der Waals surface area contributed by atoms with Gasteiger partial charge in [0, 0.05) is 12.6 Å². The predicted molar refractivity (Wildman–Crippen MR) is 58.3 cm³/mol. The first-order chi connectivity index (χ1) is 8.00. The molecule has 0 saturated heterocycles. The molecule has 0 radical (unpaired) electrons. The van der Waals surface area contributed by atoms with Gasteiger partial charge in [0.1, 0.15) is 0 Å². The molecule has 1 aromatic heterocycles. The third-order valence-electron chi connectivity index (χ3n) is 1.93. The topological polar surface area (TPSA) is 122 Å². The zero-order valence-corrected chi connectivity index (χ0v) is 8.84. The van der Waals surface area contributed by atoms with Gasteiger partial charge in [-0.05, 0) is 6.07 Å². The monoisotopic (exact) mass is 237 g/mol. The van der Waals surface area contributed by atoms with Gasteiger partial charge >= 0.3 is 5.97 Å².